The molecule has 3 atom stereocenters. The third kappa shape index (κ3) is 6.52. The predicted molar refractivity (Wildman–Crippen MR) is 107 cm³/mol. The van der Waals surface area contributed by atoms with Crippen molar-refractivity contribution in [2.24, 2.45) is 0 Å². The van der Waals surface area contributed by atoms with Gasteiger partial charge < -0.3 is 30.6 Å². The molecule has 0 aromatic carbocycles. The van der Waals surface area contributed by atoms with Crippen LogP contribution in [-0.4, -0.2) is 115 Å². The fourth-order valence-corrected chi connectivity index (χ4v) is 3.71. The Hall–Kier alpha value is -2.44. The second-order valence-corrected chi connectivity index (χ2v) is 7.61. The number of ketones is 1. The van der Waals surface area contributed by atoms with E-state index < -0.39 is 42.6 Å². The third-order valence-corrected chi connectivity index (χ3v) is 5.29. The van der Waals surface area contributed by atoms with Crippen molar-refractivity contribution in [1.29, 1.82) is 0 Å². The van der Waals surface area contributed by atoms with Crippen LogP contribution in [-0.2, 0) is 14.4 Å². The Balaban J connectivity index is 2.40. The molecule has 31 heavy (non-hydrogen) atoms. The Bertz CT molecular complexity index is 802. The number of hydrogen-bond donors (Lipinski definition) is 6. The number of nitrogens with zero attached hydrogens (tertiary/aromatic N) is 2. The summed E-state index contributed by atoms with van der Waals surface area (Å²) in [5.41, 5.74) is 0.859. The largest absolute Gasteiger partial charge is 0.481 e. The fraction of sp³-hybridized carbons (Fsp3) is 0.600. The van der Waals surface area contributed by atoms with Crippen LogP contribution in [0, 0.1) is 0 Å². The average molecular weight is 441 g/mol. The topological polar surface area (TPSA) is 179 Å². The van der Waals surface area contributed by atoms with E-state index in [4.69, 9.17) is 15.3 Å². The molecular formula is C20H29N2O9+. The minimum Gasteiger partial charge on any atom is -0.481 e. The van der Waals surface area contributed by atoms with Crippen molar-refractivity contribution in [2.45, 2.75) is 44.0 Å². The van der Waals surface area contributed by atoms with E-state index in [2.05, 4.69) is 0 Å². The van der Waals surface area contributed by atoms with Gasteiger partial charge in [0.2, 0.25) is 5.71 Å². The molecule has 11 nitrogen and oxygen atoms in total. The van der Waals surface area contributed by atoms with Gasteiger partial charge in [-0.2, -0.15) is 0 Å². The van der Waals surface area contributed by atoms with Crippen molar-refractivity contribution in [3.63, 3.8) is 0 Å². The highest BCUT2D eigenvalue weighted by molar-refractivity contribution is 6.27. The van der Waals surface area contributed by atoms with Gasteiger partial charge in [0.05, 0.1) is 31.2 Å². The molecule has 0 saturated carbocycles. The van der Waals surface area contributed by atoms with Gasteiger partial charge in [0, 0.05) is 19.4 Å². The van der Waals surface area contributed by atoms with Gasteiger partial charge in [0.1, 0.15) is 24.9 Å². The summed E-state index contributed by atoms with van der Waals surface area (Å²) in [7, 11) is 0. The quantitative estimate of drug-likeness (QED) is 0.185. The lowest BCUT2D eigenvalue weighted by Crippen LogP contribution is -2.50. The van der Waals surface area contributed by atoms with Crippen molar-refractivity contribution < 1.29 is 49.6 Å². The lowest BCUT2D eigenvalue weighted by atomic mass is 9.86. The molecule has 172 valence electrons. The van der Waals surface area contributed by atoms with E-state index in [9.17, 15) is 29.7 Å². The number of fused-ring (bicyclic) bond motifs is 1. The zero-order chi connectivity index (χ0) is 23.1. The summed E-state index contributed by atoms with van der Waals surface area (Å²) in [4.78, 5) is 36.2. The molecule has 0 saturated heterocycles. The number of allylic oxidation sites excluding steroid dienone is 1. The first-order chi connectivity index (χ1) is 14.6. The van der Waals surface area contributed by atoms with Gasteiger partial charge in [0.15, 0.2) is 12.0 Å². The van der Waals surface area contributed by atoms with Crippen LogP contribution in [0.2, 0.25) is 0 Å². The smallest absolute Gasteiger partial charge is 0.303 e. The van der Waals surface area contributed by atoms with Gasteiger partial charge in [-0.05, 0) is 18.5 Å². The number of hydrogen-bond acceptors (Lipinski definition) is 8. The number of carbonyl (C=O) groups is 3. The Morgan fingerprint density at radius 1 is 1.06 bits per heavy atom. The first-order valence-corrected chi connectivity index (χ1v) is 10.0. The van der Waals surface area contributed by atoms with Crippen molar-refractivity contribution in [1.82, 2.24) is 4.90 Å². The van der Waals surface area contributed by atoms with Gasteiger partial charge in [-0.3, -0.25) is 19.3 Å². The first kappa shape index (κ1) is 24.8. The van der Waals surface area contributed by atoms with Gasteiger partial charge in [-0.1, -0.05) is 0 Å². The summed E-state index contributed by atoms with van der Waals surface area (Å²) in [6.07, 6.45) is -1.64. The predicted octanol–water partition coefficient (Wildman–Crippen LogP) is -2.05. The van der Waals surface area contributed by atoms with Gasteiger partial charge in [0.25, 0.3) is 0 Å². The molecule has 2 aliphatic rings. The standard InChI is InChI=1S/C20H28N2O9/c23-11-15(25)20(31)19(30)12-9-21(6-1-3-16(26)27)10-13-18(12)14(24)5-8-22(13)7-2-4-17(28)29/h5,8,15,19-20,23,25,30-31H,1-4,6-7,9-11H2,(H-,26,27,28,29)/p+1. The summed E-state index contributed by atoms with van der Waals surface area (Å²) in [6.45, 7) is 0.209. The lowest BCUT2D eigenvalue weighted by Gasteiger charge is -2.34. The molecule has 2 rings (SSSR count). The molecule has 3 unspecified atom stereocenters. The molecule has 6 N–H and O–H groups in total. The maximum atomic E-state index is 12.7. The Morgan fingerprint density at radius 2 is 1.71 bits per heavy atom. The van der Waals surface area contributed by atoms with E-state index in [1.165, 1.54) is 12.3 Å². The minimum atomic E-state index is -1.73. The van der Waals surface area contributed by atoms with Crippen LogP contribution in [0.5, 0.6) is 0 Å². The highest BCUT2D eigenvalue weighted by Crippen LogP contribution is 2.25. The molecule has 0 aliphatic carbocycles. The zero-order valence-corrected chi connectivity index (χ0v) is 17.1. The summed E-state index contributed by atoms with van der Waals surface area (Å²) in [5, 5.41) is 57.5. The molecule has 2 aliphatic heterocycles. The summed E-state index contributed by atoms with van der Waals surface area (Å²) in [6, 6.07) is 0. The SMILES string of the molecule is O=C(O)CCCN1CC(C(O)C(O)C(O)CO)=C2C(=O)C=C[N+](CCCC(=O)O)=C2C1. The van der Waals surface area contributed by atoms with Gasteiger partial charge in [-0.25, -0.2) is 4.58 Å². The minimum absolute atomic E-state index is 0.0622. The molecule has 0 amide bonds. The molecule has 11 heteroatoms. The number of carboxylic acids is 2. The normalized spacial score (nSPS) is 19.9. The maximum Gasteiger partial charge on any atom is 0.303 e. The van der Waals surface area contributed by atoms with Crippen LogP contribution in [0.15, 0.2) is 23.4 Å². The lowest BCUT2D eigenvalue weighted by molar-refractivity contribution is -0.459. The van der Waals surface area contributed by atoms with Crippen molar-refractivity contribution in [2.75, 3.05) is 32.8 Å². The summed E-state index contributed by atoms with van der Waals surface area (Å²) < 4.78 is 1.71. The van der Waals surface area contributed by atoms with Crippen molar-refractivity contribution in [3.8, 4) is 0 Å². The number of rotatable bonds is 12. The van der Waals surface area contributed by atoms with Crippen LogP contribution < -0.4 is 0 Å². The molecule has 0 fully saturated rings. The molecule has 0 bridgehead atoms. The fourth-order valence-electron chi connectivity index (χ4n) is 3.71. The van der Waals surface area contributed by atoms with Crippen molar-refractivity contribution in [3.05, 3.63) is 23.4 Å². The second kappa shape index (κ2) is 11.3. The average Bonchev–Trinajstić information content (AvgIpc) is 2.72. The Labute approximate surface area is 178 Å². The Kier molecular flexibility index (Phi) is 9.01. The third-order valence-electron chi connectivity index (χ3n) is 5.29. The van der Waals surface area contributed by atoms with Gasteiger partial charge >= 0.3 is 11.9 Å². The van der Waals surface area contributed by atoms with Crippen molar-refractivity contribution >= 4 is 23.4 Å². The van der Waals surface area contributed by atoms with E-state index in [0.29, 0.717) is 31.6 Å². The number of carboxylic acid groups (broad SMARTS) is 2. The molecular weight excluding hydrogens is 412 g/mol. The molecule has 0 radical (unpaired) electrons. The number of aliphatic hydroxyl groups is 4. The van der Waals surface area contributed by atoms with E-state index in [1.807, 2.05) is 4.90 Å². The van der Waals surface area contributed by atoms with Crippen LogP contribution in [0.4, 0.5) is 0 Å². The molecule has 0 aromatic rings. The maximum absolute atomic E-state index is 12.7. The van der Waals surface area contributed by atoms with Crippen LogP contribution in [0.1, 0.15) is 25.7 Å². The van der Waals surface area contributed by atoms with Crippen LogP contribution >= 0.6 is 0 Å². The molecule has 0 spiro atoms. The zero-order valence-electron chi connectivity index (χ0n) is 17.1. The van der Waals surface area contributed by atoms with E-state index >= 15 is 0 Å². The summed E-state index contributed by atoms with van der Waals surface area (Å²) in [5.74, 6) is -2.29. The molecule has 0 aromatic heterocycles. The first-order valence-electron chi connectivity index (χ1n) is 10.0. The Morgan fingerprint density at radius 3 is 2.32 bits per heavy atom. The number of carbonyl (C=O) groups excluding carboxylic acids is 1. The van der Waals surface area contributed by atoms with Crippen LogP contribution in [0.25, 0.3) is 0 Å². The highest BCUT2D eigenvalue weighted by Gasteiger charge is 2.40. The highest BCUT2D eigenvalue weighted by atomic mass is 16.4. The van der Waals surface area contributed by atoms with Crippen LogP contribution in [0.3, 0.4) is 0 Å². The monoisotopic (exact) mass is 441 g/mol. The van der Waals surface area contributed by atoms with E-state index in [0.717, 1.165) is 0 Å². The van der Waals surface area contributed by atoms with E-state index in [1.54, 1.807) is 4.58 Å². The number of aliphatic hydroxyl groups excluding tert-OH is 4. The summed E-state index contributed by atoms with van der Waals surface area (Å²) >= 11 is 0. The molecule has 2 heterocycles. The second-order valence-electron chi connectivity index (χ2n) is 7.61. The number of aliphatic carboxylic acids is 2. The van der Waals surface area contributed by atoms with Gasteiger partial charge in [-0.15, -0.1) is 0 Å². The van der Waals surface area contributed by atoms with E-state index in [-0.39, 0.29) is 37.1 Å².